The standard InChI is InChI=1S/C68H58N8/c1-39-35-41(3)61(42(4)36-39)67-57-27-23-53(73-57)65(47-19-15-45(16-20-47)63(49-11-7-31-69-49)50-12-8-32-70-50)55-25-29-59(75-55)68(62-43(5)37-40(2)38-44(62)6)60-30-26-56(76-60)66(54-24-28-58(67)74-54)48-21-17-46(18-22-48)64(51-13-9-33-71-51)52-14-10-34-72-52/h7-38,49,63-64,70-73,76H,1-6H3. The van der Waals surface area contributed by atoms with Gasteiger partial charge in [0.2, 0.25) is 0 Å². The SMILES string of the molecule is Cc1cc(C)c(-c2c3nc(c(-c4ccc(C(c5ccc[nH]5)C5C=CC=N5)cc4)c4ccc([nH]4)c(-c4c(C)cc(C)cc4C)c4nc(c(-c5ccc(C(c6ccc[nH]6)c6ccc[nH]6)cc5)c5ccc2[nH]5)C=C4)C=C3)c(C)c1. The van der Waals surface area contributed by atoms with Crippen LogP contribution in [0.3, 0.4) is 0 Å². The van der Waals surface area contributed by atoms with Crippen LogP contribution in [0.2, 0.25) is 0 Å². The molecule has 0 saturated carbocycles. The van der Waals surface area contributed by atoms with Crippen LogP contribution < -0.4 is 0 Å². The van der Waals surface area contributed by atoms with E-state index in [1.54, 1.807) is 0 Å². The quantitative estimate of drug-likeness (QED) is 0.0939. The van der Waals surface area contributed by atoms with Crippen molar-refractivity contribution in [1.29, 1.82) is 0 Å². The number of rotatable bonds is 10. The van der Waals surface area contributed by atoms with Gasteiger partial charge in [-0.2, -0.15) is 0 Å². The molecule has 10 aromatic rings. The van der Waals surface area contributed by atoms with Gasteiger partial charge in [-0.05, 0) is 188 Å². The van der Waals surface area contributed by atoms with Crippen LogP contribution in [0.15, 0.2) is 169 Å². The van der Waals surface area contributed by atoms with Crippen molar-refractivity contribution in [2.45, 2.75) is 59.4 Å². The monoisotopic (exact) mass is 986 g/mol. The highest BCUT2D eigenvalue weighted by atomic mass is 14.8. The van der Waals surface area contributed by atoms with Gasteiger partial charge in [0.15, 0.2) is 0 Å². The largest absolute Gasteiger partial charge is 0.364 e. The molecule has 8 nitrogen and oxygen atoms in total. The number of hydrogen-bond donors (Lipinski definition) is 5. The van der Waals surface area contributed by atoms with Crippen LogP contribution in [0.25, 0.3) is 90.9 Å². The maximum atomic E-state index is 5.68. The van der Waals surface area contributed by atoms with Gasteiger partial charge in [0.25, 0.3) is 0 Å². The van der Waals surface area contributed by atoms with E-state index in [2.05, 4.69) is 230 Å². The number of aryl methyl sites for hydroxylation is 6. The lowest BCUT2D eigenvalue weighted by Crippen LogP contribution is -2.15. The molecule has 2 unspecified atom stereocenters. The highest BCUT2D eigenvalue weighted by Crippen LogP contribution is 2.43. The van der Waals surface area contributed by atoms with Crippen LogP contribution in [0.5, 0.6) is 0 Å². The second-order valence-corrected chi connectivity index (χ2v) is 20.8. The Morgan fingerprint density at radius 1 is 0.408 bits per heavy atom. The number of fused-ring (bicyclic) bond motifs is 8. The molecule has 6 aromatic heterocycles. The van der Waals surface area contributed by atoms with Gasteiger partial charge in [-0.15, -0.1) is 0 Å². The summed E-state index contributed by atoms with van der Waals surface area (Å²) in [6.45, 7) is 13.2. The molecule has 9 heterocycles. The van der Waals surface area contributed by atoms with E-state index in [-0.39, 0.29) is 17.9 Å². The van der Waals surface area contributed by atoms with Crippen molar-refractivity contribution in [2.75, 3.05) is 0 Å². The topological polar surface area (TPSA) is 117 Å². The van der Waals surface area contributed by atoms with Crippen LogP contribution in [0.1, 0.15) is 96.2 Å². The van der Waals surface area contributed by atoms with Crippen molar-refractivity contribution in [1.82, 2.24) is 34.9 Å². The van der Waals surface area contributed by atoms with Crippen LogP contribution in [-0.4, -0.2) is 47.1 Å². The minimum Gasteiger partial charge on any atom is -0.364 e. The Morgan fingerprint density at radius 2 is 0.803 bits per heavy atom. The van der Waals surface area contributed by atoms with Crippen LogP contribution in [0, 0.1) is 41.5 Å². The molecule has 8 heteroatoms. The first kappa shape index (κ1) is 46.5. The summed E-state index contributed by atoms with van der Waals surface area (Å²) in [6.07, 6.45) is 20.9. The van der Waals surface area contributed by atoms with E-state index in [1.807, 2.05) is 30.9 Å². The highest BCUT2D eigenvalue weighted by molar-refractivity contribution is 6.01. The molecule has 13 rings (SSSR count). The molecule has 0 amide bonds. The first-order valence-electron chi connectivity index (χ1n) is 26.3. The maximum absolute atomic E-state index is 5.68. The predicted molar refractivity (Wildman–Crippen MR) is 316 cm³/mol. The number of nitrogens with zero attached hydrogens (tertiary/aromatic N) is 3. The van der Waals surface area contributed by atoms with Crippen molar-refractivity contribution in [2.24, 2.45) is 4.99 Å². The molecular weight excluding hydrogens is 929 g/mol. The van der Waals surface area contributed by atoms with E-state index in [0.29, 0.717) is 0 Å². The molecular formula is C68H58N8. The summed E-state index contributed by atoms with van der Waals surface area (Å²) in [5, 5.41) is 0. The molecule has 0 saturated heterocycles. The second-order valence-electron chi connectivity index (χ2n) is 20.8. The number of benzene rings is 4. The summed E-state index contributed by atoms with van der Waals surface area (Å²) in [5.74, 6) is 0.0548. The van der Waals surface area contributed by atoms with Crippen LogP contribution in [0.4, 0.5) is 0 Å². The predicted octanol–water partition coefficient (Wildman–Crippen LogP) is 16.5. The average Bonchev–Trinajstić information content (AvgIpc) is 4.26. The molecule has 0 spiro atoms. The third-order valence-electron chi connectivity index (χ3n) is 15.5. The Bertz CT molecular complexity index is 4010. The Kier molecular flexibility index (Phi) is 11.6. The van der Waals surface area contributed by atoms with Crippen molar-refractivity contribution in [3.63, 3.8) is 0 Å². The summed E-state index contributed by atoms with van der Waals surface area (Å²) in [6, 6.07) is 48.7. The first-order valence-corrected chi connectivity index (χ1v) is 26.3. The molecule has 2 atom stereocenters. The normalized spacial score (nSPS) is 14.2. The molecule has 3 aliphatic rings. The number of nitrogens with one attached hydrogen (secondary N) is 5. The number of allylic oxidation sites excluding steroid dienone is 1. The lowest BCUT2D eigenvalue weighted by atomic mass is 9.88. The highest BCUT2D eigenvalue weighted by Gasteiger charge is 2.27. The summed E-state index contributed by atoms with van der Waals surface area (Å²) >= 11 is 0. The second kappa shape index (κ2) is 18.9. The number of aliphatic imine (C=N–C) groups is 1. The molecule has 0 aliphatic carbocycles. The van der Waals surface area contributed by atoms with Crippen LogP contribution in [-0.2, 0) is 0 Å². The van der Waals surface area contributed by atoms with Gasteiger partial charge >= 0.3 is 0 Å². The fraction of sp³-hybridized carbons (Fsp3) is 0.132. The van der Waals surface area contributed by atoms with Crippen molar-refractivity contribution < 1.29 is 0 Å². The summed E-state index contributed by atoms with van der Waals surface area (Å²) < 4.78 is 0. The molecule has 0 fully saturated rings. The third-order valence-corrected chi connectivity index (χ3v) is 15.5. The van der Waals surface area contributed by atoms with E-state index in [0.717, 1.165) is 95.3 Å². The molecule has 370 valence electrons. The molecule has 8 bridgehead atoms. The number of hydrogen-bond acceptors (Lipinski definition) is 3. The molecule has 0 radical (unpaired) electrons. The average molecular weight is 987 g/mol. The summed E-state index contributed by atoms with van der Waals surface area (Å²) in [4.78, 5) is 34.7. The fourth-order valence-corrected chi connectivity index (χ4v) is 12.4. The van der Waals surface area contributed by atoms with Gasteiger partial charge in [-0.1, -0.05) is 90.0 Å². The zero-order chi connectivity index (χ0) is 51.6. The minimum absolute atomic E-state index is 0.00581. The Hall–Kier alpha value is -9.27. The van der Waals surface area contributed by atoms with Crippen molar-refractivity contribution >= 4 is 52.6 Å². The Morgan fingerprint density at radius 3 is 1.20 bits per heavy atom. The fourth-order valence-electron chi connectivity index (χ4n) is 12.4. The summed E-state index contributed by atoms with van der Waals surface area (Å²) in [5.41, 5.74) is 29.0. The van der Waals surface area contributed by atoms with Gasteiger partial charge in [0.05, 0.1) is 40.7 Å². The number of aromatic nitrogens is 7. The van der Waals surface area contributed by atoms with Crippen LogP contribution >= 0.6 is 0 Å². The van der Waals surface area contributed by atoms with Gasteiger partial charge in [0.1, 0.15) is 0 Å². The van der Waals surface area contributed by atoms with Gasteiger partial charge < -0.3 is 24.9 Å². The van der Waals surface area contributed by atoms with Gasteiger partial charge in [-0.3, -0.25) is 4.99 Å². The van der Waals surface area contributed by atoms with E-state index in [1.165, 1.54) is 55.6 Å². The third kappa shape index (κ3) is 8.23. The zero-order valence-electron chi connectivity index (χ0n) is 43.5. The molecule has 4 aromatic carbocycles. The Balaban J connectivity index is 1.10. The van der Waals surface area contributed by atoms with E-state index in [9.17, 15) is 0 Å². The summed E-state index contributed by atoms with van der Waals surface area (Å²) in [7, 11) is 0. The number of H-pyrrole nitrogens is 5. The smallest absolute Gasteiger partial charge is 0.0806 e. The van der Waals surface area contributed by atoms with Crippen molar-refractivity contribution in [3.05, 3.63) is 249 Å². The van der Waals surface area contributed by atoms with Crippen molar-refractivity contribution in [3.8, 4) is 44.5 Å². The Labute approximate surface area is 442 Å². The maximum Gasteiger partial charge on any atom is 0.0806 e. The van der Waals surface area contributed by atoms with Gasteiger partial charge in [-0.25, -0.2) is 9.97 Å². The lowest BCUT2D eigenvalue weighted by Gasteiger charge is -2.20. The first-order chi connectivity index (χ1) is 37.1. The zero-order valence-corrected chi connectivity index (χ0v) is 43.5. The van der Waals surface area contributed by atoms with E-state index in [4.69, 9.17) is 15.0 Å². The molecule has 76 heavy (non-hydrogen) atoms. The minimum atomic E-state index is 0.00581. The van der Waals surface area contributed by atoms with E-state index >= 15 is 0 Å². The molecule has 3 aliphatic heterocycles. The number of aromatic amines is 5. The van der Waals surface area contributed by atoms with Gasteiger partial charge in [0, 0.05) is 86.2 Å². The van der Waals surface area contributed by atoms with E-state index < -0.39 is 0 Å². The molecule has 5 N–H and O–H groups in total. The lowest BCUT2D eigenvalue weighted by molar-refractivity contribution is 0.696.